The van der Waals surface area contributed by atoms with Crippen LogP contribution in [0.15, 0.2) is 47.4 Å². The van der Waals surface area contributed by atoms with Crippen LogP contribution in [-0.4, -0.2) is 22.7 Å². The highest BCUT2D eigenvalue weighted by Crippen LogP contribution is 2.36. The van der Waals surface area contributed by atoms with Crippen molar-refractivity contribution in [2.24, 2.45) is 0 Å². The summed E-state index contributed by atoms with van der Waals surface area (Å²) in [6, 6.07) is 9.75. The first-order valence-corrected chi connectivity index (χ1v) is 10.3. The smallest absolute Gasteiger partial charge is 0.419 e. The van der Waals surface area contributed by atoms with Crippen molar-refractivity contribution in [2.75, 3.05) is 6.61 Å². The molecule has 0 spiro atoms. The fourth-order valence-corrected chi connectivity index (χ4v) is 4.66. The molecule has 4 nitrogen and oxygen atoms in total. The van der Waals surface area contributed by atoms with Crippen molar-refractivity contribution in [3.05, 3.63) is 64.4 Å². The third-order valence-electron chi connectivity index (χ3n) is 3.95. The van der Waals surface area contributed by atoms with Crippen molar-refractivity contribution in [3.8, 4) is 16.3 Å². The van der Waals surface area contributed by atoms with Crippen LogP contribution in [0.1, 0.15) is 16.1 Å². The molecule has 10 heteroatoms. The number of halogens is 4. The first-order chi connectivity index (χ1) is 14.1. The van der Waals surface area contributed by atoms with Gasteiger partial charge in [-0.25, -0.2) is 14.2 Å². The van der Waals surface area contributed by atoms with Gasteiger partial charge in [0.15, 0.2) is 6.61 Å². The number of ether oxygens (including phenoxy) is 1. The number of aromatic nitrogens is 1. The minimum atomic E-state index is -4.74. The Hall–Kier alpha value is -2.59. The number of nitrogens with zero attached hydrogens (tertiary/aromatic N) is 1. The first-order valence-electron chi connectivity index (χ1n) is 8.54. The molecule has 3 aromatic rings. The Bertz CT molecular complexity index is 1070. The van der Waals surface area contributed by atoms with Gasteiger partial charge in [-0.1, -0.05) is 12.1 Å². The van der Waals surface area contributed by atoms with E-state index in [1.807, 2.05) is 6.07 Å². The second kappa shape index (κ2) is 9.05. The lowest BCUT2D eigenvalue weighted by atomic mass is 10.1. The van der Waals surface area contributed by atoms with E-state index in [1.165, 1.54) is 29.2 Å². The average molecular weight is 457 g/mol. The summed E-state index contributed by atoms with van der Waals surface area (Å²) in [7, 11) is 0. The molecule has 0 unspecified atom stereocenters. The summed E-state index contributed by atoms with van der Waals surface area (Å²) in [4.78, 5) is 16.7. The van der Waals surface area contributed by atoms with E-state index >= 15 is 0 Å². The van der Waals surface area contributed by atoms with Gasteiger partial charge in [0.05, 0.1) is 11.3 Å². The summed E-state index contributed by atoms with van der Waals surface area (Å²) in [6.07, 6.45) is -4.74. The maximum Gasteiger partial charge on any atom is 0.419 e. The first kappa shape index (κ1) is 22.1. The molecule has 1 N–H and O–H groups in total. The number of hydrogen-bond acceptors (Lipinski definition) is 5. The number of hydrogen-bond donors (Lipinski definition) is 1. The fourth-order valence-electron chi connectivity index (χ4n) is 2.51. The van der Waals surface area contributed by atoms with Crippen LogP contribution in [0.2, 0.25) is 0 Å². The summed E-state index contributed by atoms with van der Waals surface area (Å²) >= 11 is 2.76. The van der Waals surface area contributed by atoms with Crippen molar-refractivity contribution in [1.29, 1.82) is 0 Å². The molecule has 3 rings (SSSR count). The van der Waals surface area contributed by atoms with Gasteiger partial charge in [0.25, 0.3) is 0 Å². The number of thiazole rings is 1. The van der Waals surface area contributed by atoms with Gasteiger partial charge in [-0.15, -0.1) is 23.1 Å². The highest BCUT2D eigenvalue weighted by molar-refractivity contribution is 7.98. The van der Waals surface area contributed by atoms with Gasteiger partial charge < -0.3 is 9.84 Å². The van der Waals surface area contributed by atoms with Gasteiger partial charge in [-0.05, 0) is 37.3 Å². The van der Waals surface area contributed by atoms with Gasteiger partial charge in [0.2, 0.25) is 0 Å². The van der Waals surface area contributed by atoms with Crippen LogP contribution in [0, 0.1) is 12.7 Å². The Labute approximate surface area is 177 Å². The summed E-state index contributed by atoms with van der Waals surface area (Å²) < 4.78 is 57.2. The zero-order valence-electron chi connectivity index (χ0n) is 15.5. The molecule has 158 valence electrons. The lowest BCUT2D eigenvalue weighted by Crippen LogP contribution is -2.09. The van der Waals surface area contributed by atoms with Crippen LogP contribution in [0.5, 0.6) is 5.75 Å². The lowest BCUT2D eigenvalue weighted by molar-refractivity contribution is -0.140. The topological polar surface area (TPSA) is 59.4 Å². The molecule has 1 aromatic heterocycles. The highest BCUT2D eigenvalue weighted by Gasteiger charge is 2.34. The van der Waals surface area contributed by atoms with Gasteiger partial charge in [0.1, 0.15) is 16.6 Å². The van der Waals surface area contributed by atoms with E-state index in [2.05, 4.69) is 4.98 Å². The van der Waals surface area contributed by atoms with E-state index < -0.39 is 30.1 Å². The molecule has 0 aliphatic rings. The largest absolute Gasteiger partial charge is 0.482 e. The zero-order chi connectivity index (χ0) is 21.9. The number of aliphatic carboxylic acids is 1. The molecule has 30 heavy (non-hydrogen) atoms. The molecule has 0 atom stereocenters. The summed E-state index contributed by atoms with van der Waals surface area (Å²) in [6.45, 7) is 1.35. The van der Waals surface area contributed by atoms with Crippen LogP contribution in [0.4, 0.5) is 17.6 Å². The Morgan fingerprint density at radius 1 is 1.23 bits per heavy atom. The van der Waals surface area contributed by atoms with Crippen molar-refractivity contribution in [2.45, 2.75) is 23.7 Å². The minimum absolute atomic E-state index is 0.286. The van der Waals surface area contributed by atoms with Crippen molar-refractivity contribution < 1.29 is 32.2 Å². The second-order valence-corrected chi connectivity index (χ2v) is 8.30. The third-order valence-corrected chi connectivity index (χ3v) is 6.36. The molecule has 0 saturated heterocycles. The van der Waals surface area contributed by atoms with Gasteiger partial charge in [-0.3, -0.25) is 0 Å². The Morgan fingerprint density at radius 3 is 2.67 bits per heavy atom. The Balaban J connectivity index is 1.72. The number of benzene rings is 2. The van der Waals surface area contributed by atoms with E-state index in [0.717, 1.165) is 21.9 Å². The third kappa shape index (κ3) is 5.51. The normalized spacial score (nSPS) is 11.5. The minimum Gasteiger partial charge on any atom is -0.482 e. The molecule has 0 aliphatic heterocycles. The lowest BCUT2D eigenvalue weighted by Gasteiger charge is -2.08. The Kier molecular flexibility index (Phi) is 6.67. The summed E-state index contributed by atoms with van der Waals surface area (Å²) in [5.74, 6) is -1.43. The molecule has 0 radical (unpaired) electrons. The number of carboxylic acid groups (broad SMARTS) is 1. The number of carbonyl (C=O) groups is 1. The number of thioether (sulfide) groups is 1. The summed E-state index contributed by atoms with van der Waals surface area (Å²) in [5.41, 5.74) is -0.310. The van der Waals surface area contributed by atoms with E-state index in [4.69, 9.17) is 9.84 Å². The zero-order valence-corrected chi connectivity index (χ0v) is 17.1. The Morgan fingerprint density at radius 2 is 2.00 bits per heavy atom. The fraction of sp³-hybridized carbons (Fsp3) is 0.200. The molecule has 2 aromatic carbocycles. The van der Waals surface area contributed by atoms with E-state index in [1.54, 1.807) is 25.1 Å². The van der Waals surface area contributed by atoms with Crippen LogP contribution in [0.3, 0.4) is 0 Å². The molecule has 0 aliphatic carbocycles. The molecule has 0 fully saturated rings. The SMILES string of the molecule is Cc1nc(-c2ccc(C(F)(F)F)c(F)c2)sc1CSc1cccc(OCC(=O)O)c1. The maximum absolute atomic E-state index is 13.9. The maximum atomic E-state index is 13.9. The van der Waals surface area contributed by atoms with E-state index in [0.29, 0.717) is 22.2 Å². The van der Waals surface area contributed by atoms with Gasteiger partial charge in [-0.2, -0.15) is 13.2 Å². The van der Waals surface area contributed by atoms with Crippen LogP contribution < -0.4 is 4.74 Å². The van der Waals surface area contributed by atoms with Crippen LogP contribution >= 0.6 is 23.1 Å². The molecule has 0 bridgehead atoms. The molecular formula is C20H15F4NO3S2. The summed E-state index contributed by atoms with van der Waals surface area (Å²) in [5, 5.41) is 9.12. The number of aryl methyl sites for hydroxylation is 1. The van der Waals surface area contributed by atoms with E-state index in [9.17, 15) is 22.4 Å². The highest BCUT2D eigenvalue weighted by atomic mass is 32.2. The molecule has 0 saturated carbocycles. The molecule has 1 heterocycles. The van der Waals surface area contributed by atoms with Gasteiger partial charge >= 0.3 is 12.1 Å². The van der Waals surface area contributed by atoms with Gasteiger partial charge in [0, 0.05) is 21.1 Å². The number of alkyl halides is 3. The van der Waals surface area contributed by atoms with Crippen LogP contribution in [0.25, 0.3) is 10.6 Å². The second-order valence-electron chi connectivity index (χ2n) is 6.17. The van der Waals surface area contributed by atoms with Crippen molar-refractivity contribution >= 4 is 29.1 Å². The number of rotatable bonds is 7. The standard InChI is InChI=1S/C20H15F4NO3S2/c1-11-17(10-29-14-4-2-3-13(8-14)28-9-18(26)27)30-19(25-11)12-5-6-15(16(21)7-12)20(22,23)24/h2-8H,9-10H2,1H3,(H,26,27). The monoisotopic (exact) mass is 457 g/mol. The predicted octanol–water partition coefficient (Wildman–Crippen LogP) is 6.03. The average Bonchev–Trinajstić information content (AvgIpc) is 3.05. The van der Waals surface area contributed by atoms with E-state index in [-0.39, 0.29) is 5.56 Å². The van der Waals surface area contributed by atoms with Crippen molar-refractivity contribution in [3.63, 3.8) is 0 Å². The molecule has 0 amide bonds. The number of carboxylic acids is 1. The predicted molar refractivity (Wildman–Crippen MR) is 106 cm³/mol. The quantitative estimate of drug-likeness (QED) is 0.347. The van der Waals surface area contributed by atoms with Crippen LogP contribution in [-0.2, 0) is 16.7 Å². The molecular weight excluding hydrogens is 442 g/mol. The van der Waals surface area contributed by atoms with Crippen molar-refractivity contribution in [1.82, 2.24) is 4.98 Å².